The van der Waals surface area contributed by atoms with Crippen LogP contribution in [0.5, 0.6) is 0 Å². The Kier molecular flexibility index (Phi) is 4.36. The Morgan fingerprint density at radius 2 is 1.44 bits per heavy atom. The lowest BCUT2D eigenvalue weighted by Gasteiger charge is -2.29. The molecule has 3 aromatic carbocycles. The number of quaternary nitrogens is 2. The molecule has 0 spiro atoms. The molecule has 0 atom stereocenters. The van der Waals surface area contributed by atoms with Crippen LogP contribution < -0.4 is 9.80 Å². The van der Waals surface area contributed by atoms with Crippen LogP contribution in [0.4, 0.5) is 0 Å². The first-order chi connectivity index (χ1) is 13.3. The van der Waals surface area contributed by atoms with Crippen LogP contribution in [-0.2, 0) is 13.1 Å². The van der Waals surface area contributed by atoms with E-state index in [1.807, 2.05) is 24.3 Å². The Balaban J connectivity index is 1.22. The van der Waals surface area contributed by atoms with E-state index in [2.05, 4.69) is 47.4 Å². The summed E-state index contributed by atoms with van der Waals surface area (Å²) in [6.07, 6.45) is 0. The monoisotopic (exact) mass is 359 g/mol. The van der Waals surface area contributed by atoms with Gasteiger partial charge in [-0.2, -0.15) is 0 Å². The maximum absolute atomic E-state index is 5.90. The van der Waals surface area contributed by atoms with Crippen molar-refractivity contribution in [2.24, 2.45) is 0 Å². The third-order valence-corrected chi connectivity index (χ3v) is 5.72. The molecule has 0 saturated carbocycles. The number of para-hydroxylation sites is 2. The van der Waals surface area contributed by atoms with Crippen molar-refractivity contribution in [3.05, 3.63) is 78.2 Å². The summed E-state index contributed by atoms with van der Waals surface area (Å²) < 4.78 is 5.90. The first-order valence-corrected chi connectivity index (χ1v) is 9.83. The van der Waals surface area contributed by atoms with Gasteiger partial charge in [-0.15, -0.1) is 0 Å². The van der Waals surface area contributed by atoms with Gasteiger partial charge in [-0.05, 0) is 22.9 Å². The molecular formula is C23H25N3O+2. The van der Waals surface area contributed by atoms with E-state index in [9.17, 15) is 0 Å². The second kappa shape index (κ2) is 7.14. The summed E-state index contributed by atoms with van der Waals surface area (Å²) in [5.41, 5.74) is 3.32. The van der Waals surface area contributed by atoms with E-state index in [-0.39, 0.29) is 0 Å². The third kappa shape index (κ3) is 3.46. The number of benzene rings is 3. The molecule has 4 heteroatoms. The third-order valence-electron chi connectivity index (χ3n) is 5.72. The SMILES string of the molecule is c1ccc2c(C[NH+]3CC[NH+](Cc4nc5ccccc5o4)CC3)cccc2c1. The minimum absolute atomic E-state index is 0.865. The molecule has 4 aromatic rings. The normalized spacial score (nSPS) is 20.3. The lowest BCUT2D eigenvalue weighted by molar-refractivity contribution is -1.02. The molecule has 2 heterocycles. The Labute approximate surface area is 159 Å². The second-order valence-electron chi connectivity index (χ2n) is 7.57. The number of hydrogen-bond acceptors (Lipinski definition) is 2. The number of piperazine rings is 1. The van der Waals surface area contributed by atoms with E-state index in [0.29, 0.717) is 0 Å². The maximum atomic E-state index is 5.90. The highest BCUT2D eigenvalue weighted by atomic mass is 16.3. The van der Waals surface area contributed by atoms with Crippen LogP contribution in [-0.4, -0.2) is 31.2 Å². The summed E-state index contributed by atoms with van der Waals surface area (Å²) in [6.45, 7) is 6.71. The molecule has 0 radical (unpaired) electrons. The van der Waals surface area contributed by atoms with Crippen molar-refractivity contribution in [2.45, 2.75) is 13.1 Å². The molecule has 1 saturated heterocycles. The maximum Gasteiger partial charge on any atom is 0.251 e. The topological polar surface area (TPSA) is 34.9 Å². The second-order valence-corrected chi connectivity index (χ2v) is 7.57. The molecule has 27 heavy (non-hydrogen) atoms. The van der Waals surface area contributed by atoms with Crippen LogP contribution in [0.3, 0.4) is 0 Å². The molecule has 4 nitrogen and oxygen atoms in total. The fourth-order valence-electron chi connectivity index (χ4n) is 4.24. The zero-order valence-electron chi connectivity index (χ0n) is 15.4. The van der Waals surface area contributed by atoms with E-state index in [0.717, 1.165) is 30.1 Å². The van der Waals surface area contributed by atoms with E-state index < -0.39 is 0 Å². The smallest absolute Gasteiger partial charge is 0.251 e. The summed E-state index contributed by atoms with van der Waals surface area (Å²) in [5.74, 6) is 0.865. The molecule has 1 fully saturated rings. The summed E-state index contributed by atoms with van der Waals surface area (Å²) in [7, 11) is 0. The van der Waals surface area contributed by atoms with Gasteiger partial charge in [-0.25, -0.2) is 4.98 Å². The number of hydrogen-bond donors (Lipinski definition) is 2. The van der Waals surface area contributed by atoms with Gasteiger partial charge in [0, 0.05) is 5.56 Å². The average Bonchev–Trinajstić information content (AvgIpc) is 3.12. The largest absolute Gasteiger partial charge is 0.435 e. The van der Waals surface area contributed by atoms with Gasteiger partial charge in [0.05, 0.1) is 0 Å². The van der Waals surface area contributed by atoms with Gasteiger partial charge in [-0.3, -0.25) is 0 Å². The molecule has 0 amide bonds. The molecule has 5 rings (SSSR count). The summed E-state index contributed by atoms with van der Waals surface area (Å²) >= 11 is 0. The van der Waals surface area contributed by atoms with E-state index in [1.165, 1.54) is 42.5 Å². The predicted molar refractivity (Wildman–Crippen MR) is 107 cm³/mol. The highest BCUT2D eigenvalue weighted by Crippen LogP contribution is 2.17. The zero-order valence-corrected chi connectivity index (χ0v) is 15.4. The van der Waals surface area contributed by atoms with Crippen molar-refractivity contribution in [1.29, 1.82) is 0 Å². The van der Waals surface area contributed by atoms with Gasteiger partial charge in [0.2, 0.25) is 0 Å². The summed E-state index contributed by atoms with van der Waals surface area (Å²) in [6, 6.07) is 23.4. The zero-order chi connectivity index (χ0) is 18.1. The van der Waals surface area contributed by atoms with Crippen LogP contribution >= 0.6 is 0 Å². The number of fused-ring (bicyclic) bond motifs is 2. The quantitative estimate of drug-likeness (QED) is 0.579. The molecule has 0 bridgehead atoms. The average molecular weight is 359 g/mol. The fraction of sp³-hybridized carbons (Fsp3) is 0.261. The molecule has 1 aliphatic rings. The first kappa shape index (κ1) is 16.5. The molecule has 1 aromatic heterocycles. The molecule has 0 unspecified atom stereocenters. The highest BCUT2D eigenvalue weighted by molar-refractivity contribution is 5.85. The molecule has 1 aliphatic heterocycles. The van der Waals surface area contributed by atoms with Crippen LogP contribution in [0.2, 0.25) is 0 Å². The molecule has 136 valence electrons. The molecular weight excluding hydrogens is 334 g/mol. The van der Waals surface area contributed by atoms with Crippen LogP contribution in [0.1, 0.15) is 11.5 Å². The van der Waals surface area contributed by atoms with Gasteiger partial charge in [0.25, 0.3) is 5.89 Å². The molecule has 0 aliphatic carbocycles. The van der Waals surface area contributed by atoms with Gasteiger partial charge >= 0.3 is 0 Å². The summed E-state index contributed by atoms with van der Waals surface area (Å²) in [4.78, 5) is 7.88. The lowest BCUT2D eigenvalue weighted by atomic mass is 10.0. The van der Waals surface area contributed by atoms with Crippen LogP contribution in [0, 0.1) is 0 Å². The summed E-state index contributed by atoms with van der Waals surface area (Å²) in [5, 5.41) is 2.74. The van der Waals surface area contributed by atoms with Crippen molar-refractivity contribution >= 4 is 21.9 Å². The van der Waals surface area contributed by atoms with E-state index in [4.69, 9.17) is 4.42 Å². The number of oxazole rings is 1. The minimum atomic E-state index is 0.865. The predicted octanol–water partition coefficient (Wildman–Crippen LogP) is 1.46. The van der Waals surface area contributed by atoms with Gasteiger partial charge in [-0.1, -0.05) is 54.6 Å². The Morgan fingerprint density at radius 3 is 2.30 bits per heavy atom. The number of rotatable bonds is 4. The van der Waals surface area contributed by atoms with Crippen LogP contribution in [0.25, 0.3) is 21.9 Å². The highest BCUT2D eigenvalue weighted by Gasteiger charge is 2.25. The number of aromatic nitrogens is 1. The van der Waals surface area contributed by atoms with Crippen molar-refractivity contribution < 1.29 is 14.2 Å². The first-order valence-electron chi connectivity index (χ1n) is 9.83. The fourth-order valence-corrected chi connectivity index (χ4v) is 4.24. The Bertz CT molecular complexity index is 1030. The van der Waals surface area contributed by atoms with Crippen LogP contribution in [0.15, 0.2) is 71.1 Å². The van der Waals surface area contributed by atoms with E-state index in [1.54, 1.807) is 9.80 Å². The lowest BCUT2D eigenvalue weighted by Crippen LogP contribution is -3.27. The van der Waals surface area contributed by atoms with Gasteiger partial charge < -0.3 is 14.2 Å². The van der Waals surface area contributed by atoms with Crippen molar-refractivity contribution in [3.8, 4) is 0 Å². The number of nitrogens with one attached hydrogen (secondary N) is 2. The van der Waals surface area contributed by atoms with Gasteiger partial charge in [0.1, 0.15) is 38.2 Å². The standard InChI is InChI=1S/C23H23N3O/c1-2-9-20-18(6-1)7-5-8-19(20)16-25-12-14-26(15-13-25)17-23-24-21-10-3-4-11-22(21)27-23/h1-11H,12-17H2/p+2. The van der Waals surface area contributed by atoms with Crippen molar-refractivity contribution in [2.75, 3.05) is 26.2 Å². The molecule has 2 N–H and O–H groups in total. The Morgan fingerprint density at radius 1 is 0.741 bits per heavy atom. The Hall–Kier alpha value is -2.69. The van der Waals surface area contributed by atoms with Crippen molar-refractivity contribution in [1.82, 2.24) is 4.98 Å². The van der Waals surface area contributed by atoms with Gasteiger partial charge in [0.15, 0.2) is 12.1 Å². The van der Waals surface area contributed by atoms with Crippen molar-refractivity contribution in [3.63, 3.8) is 0 Å². The van der Waals surface area contributed by atoms with E-state index >= 15 is 0 Å². The minimum Gasteiger partial charge on any atom is -0.435 e. The number of nitrogens with zero attached hydrogens (tertiary/aromatic N) is 1.